The Morgan fingerprint density at radius 2 is 1.67 bits per heavy atom. The molecule has 0 unspecified atom stereocenters. The summed E-state index contributed by atoms with van der Waals surface area (Å²) in [4.78, 5) is 2.27. The molecule has 0 aromatic rings. The average molecular weight is 217 g/mol. The van der Waals surface area contributed by atoms with Gasteiger partial charge < -0.3 is 9.64 Å². The molecule has 0 N–H and O–H groups in total. The van der Waals surface area contributed by atoms with Crippen LogP contribution in [0.3, 0.4) is 0 Å². The molecule has 0 amide bonds. The minimum Gasteiger partial charge on any atom is -0.383 e. The van der Waals surface area contributed by atoms with Crippen molar-refractivity contribution in [2.75, 3.05) is 33.9 Å². The van der Waals surface area contributed by atoms with Gasteiger partial charge in [0.1, 0.15) is 0 Å². The van der Waals surface area contributed by atoms with Gasteiger partial charge in [-0.3, -0.25) is 0 Å². The molecular formula is C13H31NO. The first kappa shape index (κ1) is 17.3. The van der Waals surface area contributed by atoms with Gasteiger partial charge in [0.25, 0.3) is 0 Å². The van der Waals surface area contributed by atoms with Crippen LogP contribution in [0.2, 0.25) is 0 Å². The van der Waals surface area contributed by atoms with Crippen molar-refractivity contribution in [1.29, 1.82) is 0 Å². The molecule has 2 heteroatoms. The molecule has 0 rings (SSSR count). The minimum atomic E-state index is 0.844. The first-order valence-electron chi connectivity index (χ1n) is 6.25. The lowest BCUT2D eigenvalue weighted by molar-refractivity contribution is 0.161. The Balaban J connectivity index is 0. The monoisotopic (exact) mass is 217 g/mol. The summed E-state index contributed by atoms with van der Waals surface area (Å²) in [6.45, 7) is 12.0. The highest BCUT2D eigenvalue weighted by atomic mass is 16.5. The SMILES string of the molecule is CCCC(C)C.CCCN(C)CCOC. The zero-order valence-electron chi connectivity index (χ0n) is 11.7. The van der Waals surface area contributed by atoms with E-state index in [1.54, 1.807) is 7.11 Å². The van der Waals surface area contributed by atoms with Crippen molar-refractivity contribution in [3.63, 3.8) is 0 Å². The number of likely N-dealkylation sites (N-methyl/N-ethyl adjacent to an activating group) is 1. The van der Waals surface area contributed by atoms with Gasteiger partial charge in [-0.1, -0.05) is 40.5 Å². The van der Waals surface area contributed by atoms with Crippen molar-refractivity contribution < 1.29 is 4.74 Å². The van der Waals surface area contributed by atoms with Crippen molar-refractivity contribution in [1.82, 2.24) is 4.90 Å². The Labute approximate surface area is 97.0 Å². The van der Waals surface area contributed by atoms with Crippen LogP contribution in [0, 0.1) is 5.92 Å². The first-order chi connectivity index (χ1) is 7.08. The number of hydrogen-bond donors (Lipinski definition) is 0. The highest BCUT2D eigenvalue weighted by Crippen LogP contribution is 2.00. The highest BCUT2D eigenvalue weighted by molar-refractivity contribution is 4.46. The highest BCUT2D eigenvalue weighted by Gasteiger charge is 1.92. The largest absolute Gasteiger partial charge is 0.383 e. The molecule has 94 valence electrons. The second kappa shape index (κ2) is 13.9. The van der Waals surface area contributed by atoms with Gasteiger partial charge in [-0.25, -0.2) is 0 Å². The molecule has 0 aliphatic heterocycles. The summed E-state index contributed by atoms with van der Waals surface area (Å²) in [6, 6.07) is 0. The summed E-state index contributed by atoms with van der Waals surface area (Å²) in [5, 5.41) is 0. The molecule has 0 fully saturated rings. The molecule has 15 heavy (non-hydrogen) atoms. The third-order valence-corrected chi connectivity index (χ3v) is 2.15. The van der Waals surface area contributed by atoms with Gasteiger partial charge in [-0.05, 0) is 25.9 Å². The van der Waals surface area contributed by atoms with Crippen LogP contribution in [0.5, 0.6) is 0 Å². The maximum Gasteiger partial charge on any atom is 0.0589 e. The van der Waals surface area contributed by atoms with E-state index in [1.807, 2.05) is 0 Å². The van der Waals surface area contributed by atoms with E-state index in [4.69, 9.17) is 4.74 Å². The van der Waals surface area contributed by atoms with Crippen molar-refractivity contribution in [2.24, 2.45) is 5.92 Å². The molecule has 0 bridgehead atoms. The Kier molecular flexibility index (Phi) is 16.1. The zero-order valence-corrected chi connectivity index (χ0v) is 11.7. The van der Waals surface area contributed by atoms with Crippen molar-refractivity contribution in [3.05, 3.63) is 0 Å². The van der Waals surface area contributed by atoms with E-state index in [-0.39, 0.29) is 0 Å². The maximum absolute atomic E-state index is 4.92. The van der Waals surface area contributed by atoms with E-state index in [2.05, 4.69) is 39.6 Å². The van der Waals surface area contributed by atoms with Gasteiger partial charge in [0.15, 0.2) is 0 Å². The molecule has 0 aliphatic carbocycles. The van der Waals surface area contributed by atoms with Gasteiger partial charge >= 0.3 is 0 Å². The van der Waals surface area contributed by atoms with Crippen LogP contribution in [0.25, 0.3) is 0 Å². The summed E-state index contributed by atoms with van der Waals surface area (Å²) in [5.74, 6) is 0.898. The Hall–Kier alpha value is -0.0800. The number of hydrogen-bond acceptors (Lipinski definition) is 2. The molecule has 0 aliphatic rings. The predicted octanol–water partition coefficient (Wildman–Crippen LogP) is 3.42. The molecule has 0 aromatic heterocycles. The number of ether oxygens (including phenoxy) is 1. The van der Waals surface area contributed by atoms with Gasteiger partial charge in [0.05, 0.1) is 6.61 Å². The Morgan fingerprint density at radius 3 is 1.93 bits per heavy atom. The molecule has 0 radical (unpaired) electrons. The fraction of sp³-hybridized carbons (Fsp3) is 1.00. The molecule has 0 aromatic carbocycles. The smallest absolute Gasteiger partial charge is 0.0589 e. The Morgan fingerprint density at radius 1 is 1.07 bits per heavy atom. The summed E-state index contributed by atoms with van der Waals surface area (Å²) >= 11 is 0. The van der Waals surface area contributed by atoms with Crippen LogP contribution in [0.15, 0.2) is 0 Å². The van der Waals surface area contributed by atoms with Crippen LogP contribution in [0.4, 0.5) is 0 Å². The van der Waals surface area contributed by atoms with Crippen LogP contribution in [0.1, 0.15) is 47.0 Å². The third-order valence-electron chi connectivity index (χ3n) is 2.15. The molecule has 0 saturated heterocycles. The second-order valence-corrected chi connectivity index (χ2v) is 4.48. The van der Waals surface area contributed by atoms with Gasteiger partial charge in [-0.2, -0.15) is 0 Å². The maximum atomic E-state index is 4.92. The summed E-state index contributed by atoms with van der Waals surface area (Å²) in [6.07, 6.45) is 3.93. The minimum absolute atomic E-state index is 0.844. The lowest BCUT2D eigenvalue weighted by Gasteiger charge is -2.13. The molecular weight excluding hydrogens is 186 g/mol. The second-order valence-electron chi connectivity index (χ2n) is 4.48. The average Bonchev–Trinajstić information content (AvgIpc) is 2.16. The van der Waals surface area contributed by atoms with E-state index in [1.165, 1.54) is 25.8 Å². The Bertz CT molecular complexity index is 105. The van der Waals surface area contributed by atoms with Gasteiger partial charge in [-0.15, -0.1) is 0 Å². The van der Waals surface area contributed by atoms with Gasteiger partial charge in [0, 0.05) is 13.7 Å². The van der Waals surface area contributed by atoms with Crippen molar-refractivity contribution >= 4 is 0 Å². The van der Waals surface area contributed by atoms with Crippen LogP contribution < -0.4 is 0 Å². The number of nitrogens with zero attached hydrogens (tertiary/aromatic N) is 1. The van der Waals surface area contributed by atoms with E-state index >= 15 is 0 Å². The zero-order chi connectivity index (χ0) is 12.1. The molecule has 0 spiro atoms. The summed E-state index contributed by atoms with van der Waals surface area (Å²) in [7, 11) is 3.85. The topological polar surface area (TPSA) is 12.5 Å². The summed E-state index contributed by atoms with van der Waals surface area (Å²) < 4.78 is 4.92. The van der Waals surface area contributed by atoms with Crippen LogP contribution in [-0.4, -0.2) is 38.8 Å². The third kappa shape index (κ3) is 20.1. The number of rotatable bonds is 7. The van der Waals surface area contributed by atoms with Crippen molar-refractivity contribution in [2.45, 2.75) is 47.0 Å². The lowest BCUT2D eigenvalue weighted by Crippen LogP contribution is -2.23. The predicted molar refractivity (Wildman–Crippen MR) is 69.4 cm³/mol. The first-order valence-corrected chi connectivity index (χ1v) is 6.25. The fourth-order valence-corrected chi connectivity index (χ4v) is 1.32. The lowest BCUT2D eigenvalue weighted by atomic mass is 10.1. The standard InChI is InChI=1S/C7H17NO.C6H14/c1-4-5-8(2)6-7-9-3;1-4-5-6(2)3/h4-7H2,1-3H3;6H,4-5H2,1-3H3. The fourth-order valence-electron chi connectivity index (χ4n) is 1.32. The van der Waals surface area contributed by atoms with E-state index < -0.39 is 0 Å². The molecule has 2 nitrogen and oxygen atoms in total. The molecule has 0 saturated carbocycles. The van der Waals surface area contributed by atoms with Crippen molar-refractivity contribution in [3.8, 4) is 0 Å². The molecule has 0 heterocycles. The number of methoxy groups -OCH3 is 1. The van der Waals surface area contributed by atoms with E-state index in [0.717, 1.165) is 19.1 Å². The van der Waals surface area contributed by atoms with E-state index in [9.17, 15) is 0 Å². The van der Waals surface area contributed by atoms with E-state index in [0.29, 0.717) is 0 Å². The normalized spacial score (nSPS) is 10.4. The summed E-state index contributed by atoms with van der Waals surface area (Å²) in [5.41, 5.74) is 0. The molecule has 0 atom stereocenters. The quantitative estimate of drug-likeness (QED) is 0.648. The van der Waals surface area contributed by atoms with Gasteiger partial charge in [0.2, 0.25) is 0 Å². The van der Waals surface area contributed by atoms with Crippen LogP contribution >= 0.6 is 0 Å². The van der Waals surface area contributed by atoms with Crippen LogP contribution in [-0.2, 0) is 4.74 Å².